The van der Waals surface area contributed by atoms with Gasteiger partial charge in [0, 0.05) is 38.4 Å². The monoisotopic (exact) mass is 376 g/mol. The summed E-state index contributed by atoms with van der Waals surface area (Å²) in [4.78, 5) is 21.6. The number of nitrogens with zero attached hydrogens (tertiary/aromatic N) is 3. The van der Waals surface area contributed by atoms with E-state index in [0.29, 0.717) is 11.7 Å². The molecule has 6 nitrogen and oxygen atoms in total. The van der Waals surface area contributed by atoms with Crippen LogP contribution in [0.15, 0.2) is 16.9 Å². The maximum atomic E-state index is 12.5. The minimum Gasteiger partial charge on any atom is -0.381 e. The van der Waals surface area contributed by atoms with Gasteiger partial charge < -0.3 is 14.6 Å². The van der Waals surface area contributed by atoms with Crippen LogP contribution in [0.3, 0.4) is 0 Å². The second-order valence-corrected chi connectivity index (χ2v) is 7.18. The van der Waals surface area contributed by atoms with Gasteiger partial charge in [-0.1, -0.05) is 0 Å². The summed E-state index contributed by atoms with van der Waals surface area (Å²) in [5.41, 5.74) is 3.18. The SMILES string of the molecule is Cl.[C-]#[N+]c1cc2[nH]c(=O)n(C3CCN(C4CCOCC4)CC3)c2cc1C. The third-order valence-electron chi connectivity index (χ3n) is 5.73. The Hall–Kier alpha value is -1.81. The van der Waals surface area contributed by atoms with Crippen LogP contribution in [-0.2, 0) is 4.74 Å². The fraction of sp³-hybridized carbons (Fsp3) is 0.579. The van der Waals surface area contributed by atoms with Gasteiger partial charge in [0.15, 0.2) is 5.69 Å². The fourth-order valence-corrected chi connectivity index (χ4v) is 4.31. The lowest BCUT2D eigenvalue weighted by atomic mass is 9.99. The number of imidazole rings is 1. The summed E-state index contributed by atoms with van der Waals surface area (Å²) in [5, 5.41) is 0. The molecule has 0 unspecified atom stereocenters. The van der Waals surface area contributed by atoms with Crippen molar-refractivity contribution in [3.8, 4) is 0 Å². The van der Waals surface area contributed by atoms with Crippen LogP contribution in [0.2, 0.25) is 0 Å². The zero-order valence-electron chi connectivity index (χ0n) is 15.0. The molecule has 0 amide bonds. The lowest BCUT2D eigenvalue weighted by Crippen LogP contribution is -2.45. The van der Waals surface area contributed by atoms with Gasteiger partial charge in [0.25, 0.3) is 0 Å². The molecule has 0 saturated carbocycles. The van der Waals surface area contributed by atoms with E-state index in [0.717, 1.165) is 68.6 Å². The summed E-state index contributed by atoms with van der Waals surface area (Å²) in [6.45, 7) is 13.0. The third kappa shape index (κ3) is 3.39. The van der Waals surface area contributed by atoms with Crippen molar-refractivity contribution in [3.05, 3.63) is 39.6 Å². The van der Waals surface area contributed by atoms with Gasteiger partial charge in [-0.15, -0.1) is 12.4 Å². The molecule has 2 saturated heterocycles. The summed E-state index contributed by atoms with van der Waals surface area (Å²) >= 11 is 0. The van der Waals surface area contributed by atoms with Crippen LogP contribution < -0.4 is 5.69 Å². The Bertz CT molecular complexity index is 868. The van der Waals surface area contributed by atoms with Crippen molar-refractivity contribution < 1.29 is 4.74 Å². The van der Waals surface area contributed by atoms with E-state index in [4.69, 9.17) is 11.3 Å². The lowest BCUT2D eigenvalue weighted by molar-refractivity contribution is 0.0220. The Labute approximate surface area is 159 Å². The highest BCUT2D eigenvalue weighted by Gasteiger charge is 2.28. The van der Waals surface area contributed by atoms with Crippen LogP contribution in [0.5, 0.6) is 0 Å². The summed E-state index contributed by atoms with van der Waals surface area (Å²) in [5.74, 6) is 0. The molecule has 26 heavy (non-hydrogen) atoms. The van der Waals surface area contributed by atoms with Crippen molar-refractivity contribution in [3.63, 3.8) is 0 Å². The number of H-pyrrole nitrogens is 1. The number of ether oxygens (including phenoxy) is 1. The maximum Gasteiger partial charge on any atom is 0.326 e. The first kappa shape index (κ1) is 19.0. The van der Waals surface area contributed by atoms with E-state index in [2.05, 4.69) is 14.7 Å². The molecule has 0 aliphatic carbocycles. The van der Waals surface area contributed by atoms with E-state index in [9.17, 15) is 4.79 Å². The Balaban J connectivity index is 0.00000196. The van der Waals surface area contributed by atoms with E-state index in [1.54, 1.807) is 6.07 Å². The minimum atomic E-state index is -0.0546. The molecule has 140 valence electrons. The van der Waals surface area contributed by atoms with Crippen LogP contribution in [0.25, 0.3) is 15.9 Å². The van der Waals surface area contributed by atoms with E-state index in [1.807, 2.05) is 17.6 Å². The molecular formula is C19H25ClN4O2. The second-order valence-electron chi connectivity index (χ2n) is 7.18. The lowest BCUT2D eigenvalue weighted by Gasteiger charge is -2.39. The first-order valence-corrected chi connectivity index (χ1v) is 9.11. The number of likely N-dealkylation sites (tertiary alicyclic amines) is 1. The van der Waals surface area contributed by atoms with Crippen LogP contribution in [0, 0.1) is 13.5 Å². The molecule has 1 N–H and O–H groups in total. The van der Waals surface area contributed by atoms with E-state index >= 15 is 0 Å². The number of fused-ring (bicyclic) bond motifs is 1. The molecule has 0 spiro atoms. The molecule has 7 heteroatoms. The predicted molar refractivity (Wildman–Crippen MR) is 104 cm³/mol. The standard InChI is InChI=1S/C19H24N4O2.ClH/c1-13-11-18-17(12-16(13)20-2)21-19(24)23(18)15-3-7-22(8-4-15)14-5-9-25-10-6-14;/h11-12,14-15H,3-10H2,1H3,(H,21,24);1H. The van der Waals surface area contributed by atoms with Crippen molar-refractivity contribution >= 4 is 29.1 Å². The number of nitrogens with one attached hydrogen (secondary N) is 1. The molecule has 1 aromatic carbocycles. The van der Waals surface area contributed by atoms with Crippen molar-refractivity contribution in [2.75, 3.05) is 26.3 Å². The summed E-state index contributed by atoms with van der Waals surface area (Å²) in [6, 6.07) is 4.64. The van der Waals surface area contributed by atoms with E-state index in [-0.39, 0.29) is 24.1 Å². The third-order valence-corrected chi connectivity index (χ3v) is 5.73. The molecule has 4 rings (SSSR count). The largest absolute Gasteiger partial charge is 0.381 e. The minimum absolute atomic E-state index is 0. The zero-order chi connectivity index (χ0) is 17.4. The molecular weight excluding hydrogens is 352 g/mol. The molecule has 0 radical (unpaired) electrons. The number of aryl methyl sites for hydroxylation is 1. The quantitative estimate of drug-likeness (QED) is 0.817. The van der Waals surface area contributed by atoms with Gasteiger partial charge in [-0.25, -0.2) is 9.64 Å². The number of rotatable bonds is 2. The van der Waals surface area contributed by atoms with Gasteiger partial charge in [0.1, 0.15) is 0 Å². The Kier molecular flexibility index (Phi) is 5.71. The van der Waals surface area contributed by atoms with Crippen LogP contribution >= 0.6 is 12.4 Å². The number of aromatic amines is 1. The van der Waals surface area contributed by atoms with Crippen molar-refractivity contribution in [2.45, 2.75) is 44.7 Å². The molecule has 3 heterocycles. The van der Waals surface area contributed by atoms with E-state index in [1.165, 1.54) is 0 Å². The molecule has 2 aliphatic rings. The van der Waals surface area contributed by atoms with Crippen LogP contribution in [0.1, 0.15) is 37.3 Å². The smallest absolute Gasteiger partial charge is 0.326 e. The summed E-state index contributed by atoms with van der Waals surface area (Å²) < 4.78 is 7.38. The summed E-state index contributed by atoms with van der Waals surface area (Å²) in [6.07, 6.45) is 4.23. The van der Waals surface area contributed by atoms with Gasteiger partial charge >= 0.3 is 5.69 Å². The predicted octanol–water partition coefficient (Wildman–Crippen LogP) is 3.43. The van der Waals surface area contributed by atoms with Crippen molar-refractivity contribution in [1.82, 2.24) is 14.5 Å². The van der Waals surface area contributed by atoms with Gasteiger partial charge in [-0.05, 0) is 50.3 Å². The molecule has 2 aromatic rings. The number of hydrogen-bond acceptors (Lipinski definition) is 3. The molecule has 0 bridgehead atoms. The number of benzene rings is 1. The Morgan fingerprint density at radius 2 is 1.85 bits per heavy atom. The normalized spacial score (nSPS) is 20.0. The molecule has 0 atom stereocenters. The fourth-order valence-electron chi connectivity index (χ4n) is 4.31. The maximum absolute atomic E-state index is 12.5. The first-order valence-electron chi connectivity index (χ1n) is 9.11. The van der Waals surface area contributed by atoms with Gasteiger partial charge in [-0.2, -0.15) is 0 Å². The molecule has 1 aromatic heterocycles. The number of halogens is 1. The van der Waals surface area contributed by atoms with Gasteiger partial charge in [-0.3, -0.25) is 4.57 Å². The highest BCUT2D eigenvalue weighted by atomic mass is 35.5. The van der Waals surface area contributed by atoms with E-state index < -0.39 is 0 Å². The Morgan fingerprint density at radius 1 is 1.15 bits per heavy atom. The second kappa shape index (κ2) is 7.83. The van der Waals surface area contributed by atoms with Gasteiger partial charge in [0.05, 0.1) is 17.6 Å². The zero-order valence-corrected chi connectivity index (χ0v) is 15.8. The van der Waals surface area contributed by atoms with Crippen molar-refractivity contribution in [1.29, 1.82) is 0 Å². The number of hydrogen-bond donors (Lipinski definition) is 1. The molecule has 2 aliphatic heterocycles. The number of aromatic nitrogens is 2. The topological polar surface area (TPSA) is 54.6 Å². The van der Waals surface area contributed by atoms with Crippen molar-refractivity contribution in [2.24, 2.45) is 0 Å². The van der Waals surface area contributed by atoms with Gasteiger partial charge in [0.2, 0.25) is 0 Å². The first-order chi connectivity index (χ1) is 12.2. The van der Waals surface area contributed by atoms with Crippen LogP contribution in [0.4, 0.5) is 5.69 Å². The summed E-state index contributed by atoms with van der Waals surface area (Å²) in [7, 11) is 0. The van der Waals surface area contributed by atoms with Crippen LogP contribution in [-0.4, -0.2) is 46.8 Å². The highest BCUT2D eigenvalue weighted by Crippen LogP contribution is 2.30. The number of piperidine rings is 1. The average Bonchev–Trinajstić information content (AvgIpc) is 2.96. The highest BCUT2D eigenvalue weighted by molar-refractivity contribution is 5.85. The Morgan fingerprint density at radius 3 is 2.50 bits per heavy atom. The average molecular weight is 377 g/mol. The molecule has 2 fully saturated rings.